The van der Waals surface area contributed by atoms with Crippen molar-refractivity contribution in [3.05, 3.63) is 111 Å². The molecule has 2 aromatic heterocycles. The lowest BCUT2D eigenvalue weighted by Gasteiger charge is -2.36. The van der Waals surface area contributed by atoms with Gasteiger partial charge in [-0.3, -0.25) is 14.7 Å². The summed E-state index contributed by atoms with van der Waals surface area (Å²) in [5, 5.41) is 3.79. The lowest BCUT2D eigenvalue weighted by molar-refractivity contribution is 0.0384. The second kappa shape index (κ2) is 11.6. The SMILES string of the molecule is Cc1ccnc(CN2CCC(Nc3ccc4c(c3)Cc3cccc(C5CN(c6cc[nH]c(=O)c6)CCO5)c3O4)CC2)c1. The molecular formula is C34H37N5O3. The number of fused-ring (bicyclic) bond motifs is 2. The number of nitrogens with one attached hydrogen (secondary N) is 2. The molecule has 0 amide bonds. The van der Waals surface area contributed by atoms with Crippen molar-refractivity contribution in [1.29, 1.82) is 0 Å². The van der Waals surface area contributed by atoms with Gasteiger partial charge in [-0.25, -0.2) is 0 Å². The molecule has 2 aromatic carbocycles. The Balaban J connectivity index is 1.000. The van der Waals surface area contributed by atoms with E-state index in [0.29, 0.717) is 19.2 Å². The maximum atomic E-state index is 11.9. The van der Waals surface area contributed by atoms with Crippen LogP contribution in [0, 0.1) is 6.92 Å². The zero-order valence-corrected chi connectivity index (χ0v) is 24.0. The van der Waals surface area contributed by atoms with Crippen LogP contribution in [0.5, 0.6) is 11.5 Å². The standard InChI is InChI=1S/C34H37N5O3/c1-23-7-11-35-28(17-23)21-38-13-9-26(10-14-38)37-27-5-6-31-25(19-27)18-24-3-2-4-30(34(24)42-31)32-22-39(15-16-41-32)29-8-12-36-33(40)20-29/h2-8,11-12,17,19-20,26,32,37H,9-10,13-16,18,21-22H2,1H3,(H,36,40). The van der Waals surface area contributed by atoms with E-state index >= 15 is 0 Å². The average molecular weight is 564 g/mol. The molecule has 5 heterocycles. The first-order valence-electron chi connectivity index (χ1n) is 15.0. The predicted molar refractivity (Wildman–Crippen MR) is 165 cm³/mol. The lowest BCUT2D eigenvalue weighted by atomic mass is 9.95. The van der Waals surface area contributed by atoms with Gasteiger partial charge in [0.05, 0.1) is 12.3 Å². The van der Waals surface area contributed by atoms with Crippen LogP contribution in [0.15, 0.2) is 77.9 Å². The number of aromatic nitrogens is 2. The summed E-state index contributed by atoms with van der Waals surface area (Å²) in [5.41, 5.74) is 7.82. The van der Waals surface area contributed by atoms with Crippen LogP contribution in [0.3, 0.4) is 0 Å². The number of hydrogen-bond donors (Lipinski definition) is 2. The summed E-state index contributed by atoms with van der Waals surface area (Å²) in [4.78, 5) is 23.8. The van der Waals surface area contributed by atoms with Gasteiger partial charge in [-0.1, -0.05) is 18.2 Å². The van der Waals surface area contributed by atoms with E-state index in [2.05, 4.69) is 80.5 Å². The lowest BCUT2D eigenvalue weighted by Crippen LogP contribution is -2.39. The van der Waals surface area contributed by atoms with E-state index in [1.807, 2.05) is 12.3 Å². The van der Waals surface area contributed by atoms with Crippen LogP contribution in [-0.2, 0) is 17.7 Å². The van der Waals surface area contributed by atoms with E-state index in [-0.39, 0.29) is 11.7 Å². The molecule has 2 fully saturated rings. The number of benzene rings is 2. The van der Waals surface area contributed by atoms with Crippen LogP contribution in [-0.4, -0.2) is 53.7 Å². The number of ether oxygens (including phenoxy) is 2. The van der Waals surface area contributed by atoms with Crippen molar-refractivity contribution in [2.75, 3.05) is 43.0 Å². The number of piperidine rings is 1. The van der Waals surface area contributed by atoms with Crippen molar-refractivity contribution in [1.82, 2.24) is 14.9 Å². The highest BCUT2D eigenvalue weighted by molar-refractivity contribution is 5.59. The molecule has 1 atom stereocenters. The summed E-state index contributed by atoms with van der Waals surface area (Å²) >= 11 is 0. The second-order valence-corrected chi connectivity index (χ2v) is 11.7. The minimum absolute atomic E-state index is 0.0948. The second-order valence-electron chi connectivity index (χ2n) is 11.7. The summed E-state index contributed by atoms with van der Waals surface area (Å²) in [6.07, 6.45) is 6.51. The van der Waals surface area contributed by atoms with Gasteiger partial charge in [-0.2, -0.15) is 0 Å². The Morgan fingerprint density at radius 1 is 1.02 bits per heavy atom. The van der Waals surface area contributed by atoms with Gasteiger partial charge >= 0.3 is 0 Å². The summed E-state index contributed by atoms with van der Waals surface area (Å²) in [6.45, 7) is 7.18. The number of aromatic amines is 1. The van der Waals surface area contributed by atoms with Gasteiger partial charge in [0.2, 0.25) is 5.56 Å². The first-order chi connectivity index (χ1) is 20.6. The van der Waals surface area contributed by atoms with E-state index in [9.17, 15) is 4.79 Å². The number of H-pyrrole nitrogens is 1. The van der Waals surface area contributed by atoms with Gasteiger partial charge in [-0.15, -0.1) is 0 Å². The number of para-hydroxylation sites is 1. The zero-order valence-electron chi connectivity index (χ0n) is 24.0. The quantitative estimate of drug-likeness (QED) is 0.285. The fourth-order valence-corrected chi connectivity index (χ4v) is 6.43. The van der Waals surface area contributed by atoms with E-state index in [4.69, 9.17) is 9.47 Å². The maximum Gasteiger partial charge on any atom is 0.249 e. The first kappa shape index (κ1) is 26.7. The molecule has 4 aromatic rings. The molecule has 216 valence electrons. The fourth-order valence-electron chi connectivity index (χ4n) is 6.43. The van der Waals surface area contributed by atoms with E-state index in [1.165, 1.54) is 16.7 Å². The molecule has 2 saturated heterocycles. The van der Waals surface area contributed by atoms with Crippen molar-refractivity contribution in [2.24, 2.45) is 0 Å². The van der Waals surface area contributed by atoms with E-state index < -0.39 is 0 Å². The van der Waals surface area contributed by atoms with Crippen LogP contribution >= 0.6 is 0 Å². The molecule has 0 saturated carbocycles. The van der Waals surface area contributed by atoms with E-state index in [1.54, 1.807) is 12.3 Å². The Morgan fingerprint density at radius 3 is 2.79 bits per heavy atom. The minimum Gasteiger partial charge on any atom is -0.456 e. The Kier molecular flexibility index (Phi) is 7.40. The normalized spacial score (nSPS) is 19.1. The van der Waals surface area contributed by atoms with Gasteiger partial charge in [0.25, 0.3) is 0 Å². The smallest absolute Gasteiger partial charge is 0.249 e. The third-order valence-electron chi connectivity index (χ3n) is 8.63. The average Bonchev–Trinajstić information content (AvgIpc) is 3.01. The summed E-state index contributed by atoms with van der Waals surface area (Å²) < 4.78 is 12.8. The highest BCUT2D eigenvalue weighted by Crippen LogP contribution is 2.43. The van der Waals surface area contributed by atoms with Gasteiger partial charge in [0.1, 0.15) is 17.6 Å². The molecule has 0 spiro atoms. The van der Waals surface area contributed by atoms with Crippen LogP contribution in [0.1, 0.15) is 46.9 Å². The number of nitrogens with zero attached hydrogens (tertiary/aromatic N) is 3. The fraction of sp³-hybridized carbons (Fsp3) is 0.353. The maximum absolute atomic E-state index is 11.9. The molecule has 7 rings (SSSR count). The Hall–Kier alpha value is -4.14. The Bertz CT molecular complexity index is 1630. The van der Waals surface area contributed by atoms with E-state index in [0.717, 1.165) is 79.6 Å². The number of pyridine rings is 2. The molecule has 3 aliphatic heterocycles. The predicted octanol–water partition coefficient (Wildman–Crippen LogP) is 5.43. The molecule has 8 nitrogen and oxygen atoms in total. The molecule has 2 N–H and O–H groups in total. The summed E-state index contributed by atoms with van der Waals surface area (Å²) in [7, 11) is 0. The number of likely N-dealkylation sites (tertiary alicyclic amines) is 1. The topological polar surface area (TPSA) is 82.7 Å². The molecule has 1 unspecified atom stereocenters. The van der Waals surface area contributed by atoms with Crippen LogP contribution < -0.4 is 20.5 Å². The van der Waals surface area contributed by atoms with Gasteiger partial charge < -0.3 is 24.7 Å². The van der Waals surface area contributed by atoms with Crippen molar-refractivity contribution < 1.29 is 9.47 Å². The van der Waals surface area contributed by atoms with Gasteiger partial charge in [0.15, 0.2) is 0 Å². The molecule has 0 bridgehead atoms. The highest BCUT2D eigenvalue weighted by atomic mass is 16.5. The Morgan fingerprint density at radius 2 is 1.93 bits per heavy atom. The third kappa shape index (κ3) is 5.78. The monoisotopic (exact) mass is 563 g/mol. The molecular weight excluding hydrogens is 526 g/mol. The number of anilines is 2. The van der Waals surface area contributed by atoms with Gasteiger partial charge in [0, 0.05) is 86.1 Å². The third-order valence-corrected chi connectivity index (χ3v) is 8.63. The largest absolute Gasteiger partial charge is 0.456 e. The van der Waals surface area contributed by atoms with Crippen molar-refractivity contribution >= 4 is 11.4 Å². The first-order valence-corrected chi connectivity index (χ1v) is 15.0. The summed E-state index contributed by atoms with van der Waals surface area (Å²) in [5.74, 6) is 1.81. The van der Waals surface area contributed by atoms with Gasteiger partial charge in [-0.05, 0) is 67.3 Å². The molecule has 42 heavy (non-hydrogen) atoms. The van der Waals surface area contributed by atoms with Crippen LogP contribution in [0.25, 0.3) is 0 Å². The molecule has 0 aliphatic carbocycles. The molecule has 3 aliphatic rings. The van der Waals surface area contributed by atoms with Crippen molar-refractivity contribution in [2.45, 2.75) is 44.9 Å². The number of aryl methyl sites for hydroxylation is 1. The number of morpholine rings is 1. The zero-order chi connectivity index (χ0) is 28.5. The number of hydrogen-bond acceptors (Lipinski definition) is 7. The minimum atomic E-state index is -0.136. The van der Waals surface area contributed by atoms with Crippen molar-refractivity contribution in [3.63, 3.8) is 0 Å². The summed E-state index contributed by atoms with van der Waals surface area (Å²) in [6, 6.07) is 21.1. The van der Waals surface area contributed by atoms with Crippen LogP contribution in [0.2, 0.25) is 0 Å². The highest BCUT2D eigenvalue weighted by Gasteiger charge is 2.29. The molecule has 0 radical (unpaired) electrons. The van der Waals surface area contributed by atoms with Crippen molar-refractivity contribution in [3.8, 4) is 11.5 Å². The Labute approximate surface area is 246 Å². The van der Waals surface area contributed by atoms with Crippen LogP contribution in [0.4, 0.5) is 11.4 Å². The number of rotatable bonds is 6. The molecule has 8 heteroatoms.